The standard InChI is InChI=1S/C17H20FN3/c1-13-5-3-4-6-15(13)12-21-17(19-2)20-11-14-7-9-16(18)10-8-14/h3-10H,11-12H2,1-2H3,(H2,19,20,21). The van der Waals surface area contributed by atoms with E-state index in [-0.39, 0.29) is 5.82 Å². The molecule has 0 aliphatic heterocycles. The highest BCUT2D eigenvalue weighted by Crippen LogP contribution is 2.06. The predicted molar refractivity (Wildman–Crippen MR) is 84.6 cm³/mol. The summed E-state index contributed by atoms with van der Waals surface area (Å²) in [6, 6.07) is 14.7. The van der Waals surface area contributed by atoms with Gasteiger partial charge in [0, 0.05) is 20.1 Å². The molecule has 0 atom stereocenters. The second-order valence-electron chi connectivity index (χ2n) is 4.83. The van der Waals surface area contributed by atoms with Crippen molar-refractivity contribution in [2.45, 2.75) is 20.0 Å². The first-order valence-electron chi connectivity index (χ1n) is 6.92. The number of halogens is 1. The van der Waals surface area contributed by atoms with Crippen molar-refractivity contribution >= 4 is 5.96 Å². The highest BCUT2D eigenvalue weighted by atomic mass is 19.1. The molecule has 0 saturated heterocycles. The molecule has 0 aliphatic rings. The van der Waals surface area contributed by atoms with Gasteiger partial charge in [0.15, 0.2) is 5.96 Å². The third kappa shape index (κ3) is 4.60. The molecule has 21 heavy (non-hydrogen) atoms. The maximum Gasteiger partial charge on any atom is 0.191 e. The second-order valence-corrected chi connectivity index (χ2v) is 4.83. The number of aryl methyl sites for hydroxylation is 1. The van der Waals surface area contributed by atoms with Crippen molar-refractivity contribution in [1.82, 2.24) is 10.6 Å². The lowest BCUT2D eigenvalue weighted by molar-refractivity contribution is 0.626. The summed E-state index contributed by atoms with van der Waals surface area (Å²) in [7, 11) is 1.73. The summed E-state index contributed by atoms with van der Waals surface area (Å²) >= 11 is 0. The van der Waals surface area contributed by atoms with Gasteiger partial charge in [-0.3, -0.25) is 4.99 Å². The number of hydrogen-bond donors (Lipinski definition) is 2. The molecule has 2 aromatic carbocycles. The zero-order chi connectivity index (χ0) is 15.1. The van der Waals surface area contributed by atoms with Crippen LogP contribution in [0.25, 0.3) is 0 Å². The molecule has 0 aromatic heterocycles. The van der Waals surface area contributed by atoms with E-state index in [0.717, 1.165) is 18.1 Å². The van der Waals surface area contributed by atoms with Crippen molar-refractivity contribution in [2.75, 3.05) is 7.05 Å². The molecule has 0 amide bonds. The van der Waals surface area contributed by atoms with Crippen molar-refractivity contribution in [3.8, 4) is 0 Å². The second kappa shape index (κ2) is 7.43. The van der Waals surface area contributed by atoms with E-state index >= 15 is 0 Å². The minimum atomic E-state index is -0.221. The number of rotatable bonds is 4. The Hall–Kier alpha value is -2.36. The van der Waals surface area contributed by atoms with E-state index in [2.05, 4.69) is 34.7 Å². The fourth-order valence-corrected chi connectivity index (χ4v) is 2.00. The maximum atomic E-state index is 12.8. The molecular formula is C17H20FN3. The normalized spacial score (nSPS) is 11.3. The Morgan fingerprint density at radius 3 is 2.33 bits per heavy atom. The van der Waals surface area contributed by atoms with Gasteiger partial charge in [-0.15, -0.1) is 0 Å². The molecule has 0 radical (unpaired) electrons. The van der Waals surface area contributed by atoms with Gasteiger partial charge in [0.05, 0.1) is 0 Å². The molecule has 0 saturated carbocycles. The predicted octanol–water partition coefficient (Wildman–Crippen LogP) is 3.00. The van der Waals surface area contributed by atoms with Gasteiger partial charge in [0.25, 0.3) is 0 Å². The van der Waals surface area contributed by atoms with Gasteiger partial charge in [0.2, 0.25) is 0 Å². The molecule has 110 valence electrons. The van der Waals surface area contributed by atoms with E-state index in [4.69, 9.17) is 0 Å². The van der Waals surface area contributed by atoms with Gasteiger partial charge >= 0.3 is 0 Å². The minimum absolute atomic E-state index is 0.221. The lowest BCUT2D eigenvalue weighted by Crippen LogP contribution is -2.36. The molecule has 2 N–H and O–H groups in total. The topological polar surface area (TPSA) is 36.4 Å². The molecule has 2 aromatic rings. The first-order chi connectivity index (χ1) is 10.2. The number of nitrogens with one attached hydrogen (secondary N) is 2. The number of benzene rings is 2. The molecule has 0 bridgehead atoms. The van der Waals surface area contributed by atoms with Crippen LogP contribution in [0.5, 0.6) is 0 Å². The van der Waals surface area contributed by atoms with Crippen LogP contribution in [0, 0.1) is 12.7 Å². The SMILES string of the molecule is CN=C(NCc1ccc(F)cc1)NCc1ccccc1C. The van der Waals surface area contributed by atoms with Gasteiger partial charge in [-0.1, -0.05) is 36.4 Å². The Morgan fingerprint density at radius 2 is 1.67 bits per heavy atom. The Labute approximate surface area is 124 Å². The average Bonchev–Trinajstić information content (AvgIpc) is 2.51. The molecule has 3 nitrogen and oxygen atoms in total. The summed E-state index contributed by atoms with van der Waals surface area (Å²) in [6.45, 7) is 3.41. The molecule has 0 spiro atoms. The van der Waals surface area contributed by atoms with Crippen molar-refractivity contribution in [3.63, 3.8) is 0 Å². The van der Waals surface area contributed by atoms with Crippen LogP contribution in [0.2, 0.25) is 0 Å². The van der Waals surface area contributed by atoms with Crippen LogP contribution in [0.1, 0.15) is 16.7 Å². The Bertz CT molecular complexity index is 606. The Balaban J connectivity index is 1.86. The molecular weight excluding hydrogens is 265 g/mol. The first-order valence-corrected chi connectivity index (χ1v) is 6.92. The van der Waals surface area contributed by atoms with Crippen LogP contribution in [-0.4, -0.2) is 13.0 Å². The van der Waals surface area contributed by atoms with Gasteiger partial charge in [-0.25, -0.2) is 4.39 Å². The lowest BCUT2D eigenvalue weighted by atomic mass is 10.1. The van der Waals surface area contributed by atoms with Crippen molar-refractivity contribution < 1.29 is 4.39 Å². The molecule has 0 aliphatic carbocycles. The van der Waals surface area contributed by atoms with Crippen LogP contribution in [-0.2, 0) is 13.1 Å². The van der Waals surface area contributed by atoms with Crippen molar-refractivity contribution in [2.24, 2.45) is 4.99 Å². The maximum absolute atomic E-state index is 12.8. The third-order valence-electron chi connectivity index (χ3n) is 3.30. The van der Waals surface area contributed by atoms with Crippen molar-refractivity contribution in [1.29, 1.82) is 0 Å². The average molecular weight is 285 g/mol. The van der Waals surface area contributed by atoms with Gasteiger partial charge in [0.1, 0.15) is 5.82 Å². The van der Waals surface area contributed by atoms with Crippen LogP contribution >= 0.6 is 0 Å². The summed E-state index contributed by atoms with van der Waals surface area (Å²) in [5.74, 6) is 0.503. The van der Waals surface area contributed by atoms with E-state index in [9.17, 15) is 4.39 Å². The van der Waals surface area contributed by atoms with E-state index in [0.29, 0.717) is 6.54 Å². The summed E-state index contributed by atoms with van der Waals surface area (Å²) < 4.78 is 12.8. The molecule has 2 rings (SSSR count). The number of guanidine groups is 1. The zero-order valence-electron chi connectivity index (χ0n) is 12.4. The highest BCUT2D eigenvalue weighted by molar-refractivity contribution is 5.79. The van der Waals surface area contributed by atoms with E-state index in [1.807, 2.05) is 12.1 Å². The number of hydrogen-bond acceptors (Lipinski definition) is 1. The molecule has 4 heteroatoms. The Morgan fingerprint density at radius 1 is 1.00 bits per heavy atom. The smallest absolute Gasteiger partial charge is 0.191 e. The van der Waals surface area contributed by atoms with E-state index < -0.39 is 0 Å². The van der Waals surface area contributed by atoms with Gasteiger partial charge in [-0.2, -0.15) is 0 Å². The quantitative estimate of drug-likeness (QED) is 0.669. The summed E-state index contributed by atoms with van der Waals surface area (Å²) in [5, 5.41) is 6.48. The molecule has 0 heterocycles. The molecule has 0 unspecified atom stereocenters. The zero-order valence-corrected chi connectivity index (χ0v) is 12.4. The summed E-state index contributed by atoms with van der Waals surface area (Å²) in [4.78, 5) is 4.19. The van der Waals surface area contributed by atoms with Gasteiger partial charge < -0.3 is 10.6 Å². The Kier molecular flexibility index (Phi) is 5.32. The monoisotopic (exact) mass is 285 g/mol. The largest absolute Gasteiger partial charge is 0.352 e. The molecule has 0 fully saturated rings. The third-order valence-corrected chi connectivity index (χ3v) is 3.30. The van der Waals surface area contributed by atoms with Crippen molar-refractivity contribution in [3.05, 3.63) is 71.0 Å². The number of aliphatic imine (C=N–C) groups is 1. The van der Waals surface area contributed by atoms with Crippen LogP contribution in [0.3, 0.4) is 0 Å². The first kappa shape index (κ1) is 15.0. The van der Waals surface area contributed by atoms with Crippen LogP contribution < -0.4 is 10.6 Å². The van der Waals surface area contributed by atoms with E-state index in [1.54, 1.807) is 19.2 Å². The highest BCUT2D eigenvalue weighted by Gasteiger charge is 2.01. The summed E-state index contributed by atoms with van der Waals surface area (Å²) in [5.41, 5.74) is 3.50. The minimum Gasteiger partial charge on any atom is -0.352 e. The van der Waals surface area contributed by atoms with E-state index in [1.165, 1.54) is 23.3 Å². The fourth-order valence-electron chi connectivity index (χ4n) is 2.00. The fraction of sp³-hybridized carbons (Fsp3) is 0.235. The number of nitrogens with zero attached hydrogens (tertiary/aromatic N) is 1. The summed E-state index contributed by atoms with van der Waals surface area (Å²) in [6.07, 6.45) is 0. The van der Waals surface area contributed by atoms with Crippen LogP contribution in [0.4, 0.5) is 4.39 Å². The lowest BCUT2D eigenvalue weighted by Gasteiger charge is -2.13. The van der Waals surface area contributed by atoms with Crippen LogP contribution in [0.15, 0.2) is 53.5 Å². The van der Waals surface area contributed by atoms with Gasteiger partial charge in [-0.05, 0) is 35.7 Å².